The average molecular weight is 259 g/mol. The maximum Gasteiger partial charge on any atom is 0.422 e. The lowest BCUT2D eigenvalue weighted by Crippen LogP contribution is -2.55. The number of halogens is 3. The van der Waals surface area contributed by atoms with E-state index in [4.69, 9.17) is 10.4 Å². The smallest absolute Gasteiger partial charge is 0.422 e. The maximum atomic E-state index is 12.7. The molecule has 18 heavy (non-hydrogen) atoms. The number of nitriles is 1. The molecule has 5 nitrogen and oxygen atoms in total. The van der Waals surface area contributed by atoms with Crippen LogP contribution in [0.5, 0.6) is 0 Å². The van der Waals surface area contributed by atoms with Crippen LogP contribution in [-0.2, 0) is 4.79 Å². The van der Waals surface area contributed by atoms with E-state index in [1.807, 2.05) is 0 Å². The molecule has 1 heterocycles. The molecule has 0 saturated carbocycles. The largest absolute Gasteiger partial charge is 0.479 e. The van der Waals surface area contributed by atoms with Gasteiger partial charge in [-0.25, -0.2) is 9.78 Å². The third-order valence-electron chi connectivity index (χ3n) is 2.29. The average Bonchev–Trinajstić information content (AvgIpc) is 2.27. The summed E-state index contributed by atoms with van der Waals surface area (Å²) in [4.78, 5) is 14.3. The van der Waals surface area contributed by atoms with Gasteiger partial charge in [-0.2, -0.15) is 18.4 Å². The van der Waals surface area contributed by atoms with Gasteiger partial charge in [0.2, 0.25) is 5.54 Å². The van der Waals surface area contributed by atoms with Crippen molar-refractivity contribution in [2.45, 2.75) is 18.6 Å². The van der Waals surface area contributed by atoms with Gasteiger partial charge in [0.1, 0.15) is 11.9 Å². The Morgan fingerprint density at radius 3 is 2.61 bits per heavy atom. The normalized spacial score (nSPS) is 14.4. The minimum Gasteiger partial charge on any atom is -0.479 e. The van der Waals surface area contributed by atoms with Crippen molar-refractivity contribution in [3.63, 3.8) is 0 Å². The Kier molecular flexibility index (Phi) is 3.46. The molecular weight excluding hydrogens is 251 g/mol. The lowest BCUT2D eigenvalue weighted by Gasteiger charge is -2.29. The van der Waals surface area contributed by atoms with E-state index >= 15 is 0 Å². The van der Waals surface area contributed by atoms with Crippen LogP contribution >= 0.6 is 0 Å². The molecule has 0 spiro atoms. The summed E-state index contributed by atoms with van der Waals surface area (Å²) in [6.45, 7) is 0.463. The van der Waals surface area contributed by atoms with Crippen molar-refractivity contribution < 1.29 is 23.1 Å². The van der Waals surface area contributed by atoms with Gasteiger partial charge in [0.25, 0.3) is 0 Å². The van der Waals surface area contributed by atoms with Gasteiger partial charge in [0, 0.05) is 6.20 Å². The van der Waals surface area contributed by atoms with E-state index in [0.717, 1.165) is 6.20 Å². The van der Waals surface area contributed by atoms with E-state index in [-0.39, 0.29) is 5.56 Å². The van der Waals surface area contributed by atoms with E-state index in [0.29, 0.717) is 6.92 Å². The first-order chi connectivity index (χ1) is 8.22. The Hall–Kier alpha value is -2.30. The highest BCUT2D eigenvalue weighted by atomic mass is 19.4. The summed E-state index contributed by atoms with van der Waals surface area (Å²) in [6.07, 6.45) is -3.88. The molecule has 1 aromatic rings. The van der Waals surface area contributed by atoms with Gasteiger partial charge in [-0.1, -0.05) is 0 Å². The van der Waals surface area contributed by atoms with Gasteiger partial charge >= 0.3 is 12.1 Å². The number of carbonyl (C=O) groups is 1. The van der Waals surface area contributed by atoms with Gasteiger partial charge in [-0.3, -0.25) is 0 Å². The fourth-order valence-electron chi connectivity index (χ4n) is 1.08. The lowest BCUT2D eigenvalue weighted by atomic mass is 10.0. The highest BCUT2D eigenvalue weighted by Gasteiger charge is 2.58. The molecular formula is C10H8F3N3O2. The zero-order valence-electron chi connectivity index (χ0n) is 9.12. The predicted octanol–water partition coefficient (Wildman–Crippen LogP) is 1.77. The minimum atomic E-state index is -5.04. The molecule has 0 amide bonds. The van der Waals surface area contributed by atoms with Gasteiger partial charge in [0.05, 0.1) is 5.56 Å². The van der Waals surface area contributed by atoms with E-state index < -0.39 is 23.5 Å². The van der Waals surface area contributed by atoms with Crippen molar-refractivity contribution in [2.24, 2.45) is 0 Å². The summed E-state index contributed by atoms with van der Waals surface area (Å²) in [5.41, 5.74) is -3.39. The SMILES string of the molecule is CC(Nc1ncccc1C#N)(C(=O)O)C(F)(F)F. The molecule has 0 aliphatic heterocycles. The van der Waals surface area contributed by atoms with Crippen LogP contribution in [0.4, 0.5) is 19.0 Å². The second-order valence-electron chi connectivity index (χ2n) is 3.56. The fourth-order valence-corrected chi connectivity index (χ4v) is 1.08. The van der Waals surface area contributed by atoms with Crippen LogP contribution in [0.15, 0.2) is 18.3 Å². The summed E-state index contributed by atoms with van der Waals surface area (Å²) in [7, 11) is 0. The van der Waals surface area contributed by atoms with Crippen LogP contribution in [0.25, 0.3) is 0 Å². The van der Waals surface area contributed by atoms with Crippen molar-refractivity contribution in [3.8, 4) is 6.07 Å². The number of carboxylic acid groups (broad SMARTS) is 1. The molecule has 0 bridgehead atoms. The first-order valence-corrected chi connectivity index (χ1v) is 4.66. The number of carboxylic acids is 1. The van der Waals surface area contributed by atoms with Crippen LogP contribution in [0.3, 0.4) is 0 Å². The topological polar surface area (TPSA) is 86.0 Å². The molecule has 1 aromatic heterocycles. The number of anilines is 1. The van der Waals surface area contributed by atoms with Crippen molar-refractivity contribution >= 4 is 11.8 Å². The number of rotatable bonds is 3. The van der Waals surface area contributed by atoms with Crippen LogP contribution in [0.2, 0.25) is 0 Å². The summed E-state index contributed by atoms with van der Waals surface area (Å²) < 4.78 is 38.2. The van der Waals surface area contributed by atoms with Crippen molar-refractivity contribution in [1.82, 2.24) is 4.98 Å². The van der Waals surface area contributed by atoms with Gasteiger partial charge in [-0.05, 0) is 19.1 Å². The molecule has 2 N–H and O–H groups in total. The molecule has 96 valence electrons. The molecule has 0 aromatic carbocycles. The fraction of sp³-hybridized carbons (Fsp3) is 0.300. The molecule has 8 heteroatoms. The molecule has 0 aliphatic rings. The van der Waals surface area contributed by atoms with Crippen molar-refractivity contribution in [2.75, 3.05) is 5.32 Å². The molecule has 1 rings (SSSR count). The third kappa shape index (κ3) is 2.34. The zero-order valence-corrected chi connectivity index (χ0v) is 9.12. The zero-order chi connectivity index (χ0) is 14.0. The Bertz CT molecular complexity index is 510. The third-order valence-corrected chi connectivity index (χ3v) is 2.29. The second kappa shape index (κ2) is 4.52. The molecule has 1 unspecified atom stereocenters. The van der Waals surface area contributed by atoms with Gasteiger partial charge < -0.3 is 10.4 Å². The number of pyridine rings is 1. The number of aromatic nitrogens is 1. The minimum absolute atomic E-state index is 0.172. The maximum absolute atomic E-state index is 12.7. The summed E-state index contributed by atoms with van der Waals surface area (Å²) in [5, 5.41) is 19.2. The Morgan fingerprint density at radius 2 is 2.17 bits per heavy atom. The van der Waals surface area contributed by atoms with Crippen LogP contribution < -0.4 is 5.32 Å². The number of aliphatic carboxylic acids is 1. The Morgan fingerprint density at radius 1 is 1.56 bits per heavy atom. The molecule has 0 aliphatic carbocycles. The van der Waals surface area contributed by atoms with Gasteiger partial charge in [0.15, 0.2) is 0 Å². The number of alkyl halides is 3. The predicted molar refractivity (Wildman–Crippen MR) is 54.7 cm³/mol. The highest BCUT2D eigenvalue weighted by molar-refractivity contribution is 5.83. The van der Waals surface area contributed by atoms with E-state index in [1.54, 1.807) is 11.4 Å². The highest BCUT2D eigenvalue weighted by Crippen LogP contribution is 2.33. The number of nitrogens with zero attached hydrogens (tertiary/aromatic N) is 2. The van der Waals surface area contributed by atoms with Gasteiger partial charge in [-0.15, -0.1) is 0 Å². The second-order valence-corrected chi connectivity index (χ2v) is 3.56. The Balaban J connectivity index is 3.22. The summed E-state index contributed by atoms with van der Waals surface area (Å²) in [5.74, 6) is -2.54. The summed E-state index contributed by atoms with van der Waals surface area (Å²) >= 11 is 0. The van der Waals surface area contributed by atoms with Crippen LogP contribution in [-0.4, -0.2) is 27.8 Å². The summed E-state index contributed by atoms with van der Waals surface area (Å²) in [6, 6.07) is 4.21. The monoisotopic (exact) mass is 259 g/mol. The first kappa shape index (κ1) is 13.8. The number of hydrogen-bond acceptors (Lipinski definition) is 4. The van der Waals surface area contributed by atoms with Crippen LogP contribution in [0, 0.1) is 11.3 Å². The van der Waals surface area contributed by atoms with E-state index in [1.165, 1.54) is 12.1 Å². The molecule has 1 atom stereocenters. The standard InChI is InChI=1S/C10H8F3N3O2/c1-9(8(17)18,10(11,12)13)16-7-6(5-14)3-2-4-15-7/h2-4H,1H3,(H,15,16)(H,17,18). The number of hydrogen-bond donors (Lipinski definition) is 2. The van der Waals surface area contributed by atoms with Crippen LogP contribution in [0.1, 0.15) is 12.5 Å². The Labute approximate surface area is 99.9 Å². The number of nitrogens with one attached hydrogen (secondary N) is 1. The van der Waals surface area contributed by atoms with E-state index in [2.05, 4.69) is 4.98 Å². The quantitative estimate of drug-likeness (QED) is 0.863. The van der Waals surface area contributed by atoms with E-state index in [9.17, 15) is 18.0 Å². The molecule has 0 saturated heterocycles. The first-order valence-electron chi connectivity index (χ1n) is 4.66. The molecule has 0 radical (unpaired) electrons. The lowest BCUT2D eigenvalue weighted by molar-refractivity contribution is -0.192. The van der Waals surface area contributed by atoms with Crippen molar-refractivity contribution in [1.29, 1.82) is 5.26 Å². The van der Waals surface area contributed by atoms with Crippen molar-refractivity contribution in [3.05, 3.63) is 23.9 Å². The molecule has 0 fully saturated rings.